The van der Waals surface area contributed by atoms with Gasteiger partial charge in [0.25, 0.3) is 18.2 Å². The molecule has 13 N–H and O–H groups in total. The van der Waals surface area contributed by atoms with Crippen LogP contribution in [0.5, 0.6) is 17.2 Å². The van der Waals surface area contributed by atoms with Gasteiger partial charge in [-0.1, -0.05) is 69.4 Å². The third-order valence-corrected chi connectivity index (χ3v) is 16.9. The van der Waals surface area contributed by atoms with Gasteiger partial charge in [-0.2, -0.15) is 0 Å². The van der Waals surface area contributed by atoms with Crippen molar-refractivity contribution in [1.29, 1.82) is 0 Å². The molecule has 4 aliphatic rings. The number of nitrogens with zero attached hydrogens (tertiary/aromatic N) is 3. The molecule has 508 valence electrons. The van der Waals surface area contributed by atoms with E-state index in [9.17, 15) is 79.4 Å². The number of β-amino-alcohol motifs (C(OH)–C–C–N with tert-alkyl or cyclic N) is 1. The molecule has 0 aromatic heterocycles. The molecule has 3 heterocycles. The molecular weight excluding hydrogens is 1260 g/mol. The van der Waals surface area contributed by atoms with Crippen molar-refractivity contribution in [3.8, 4) is 28.4 Å². The zero-order chi connectivity index (χ0) is 67.8. The molecule has 30 nitrogen and oxygen atoms in total. The molecule has 3 saturated heterocycles. The van der Waals surface area contributed by atoms with Gasteiger partial charge in [0.05, 0.1) is 36.6 Å². The fourth-order valence-electron chi connectivity index (χ4n) is 11.8. The molecule has 3 aliphatic heterocycles. The number of hydrogen-bond donors (Lipinski definition) is 13. The van der Waals surface area contributed by atoms with Crippen molar-refractivity contribution in [2.75, 3.05) is 32.8 Å². The van der Waals surface area contributed by atoms with E-state index in [0.717, 1.165) is 66.5 Å². The number of aromatic hydroxyl groups is 1. The number of amides is 8. The van der Waals surface area contributed by atoms with Crippen LogP contribution in [0.25, 0.3) is 16.0 Å². The summed E-state index contributed by atoms with van der Waals surface area (Å²) in [4.78, 5) is 119. The number of benzene rings is 3. The minimum absolute atomic E-state index is 0. The molecule has 0 bridgehead atoms. The topological polar surface area (TPSA) is 430 Å². The molecule has 0 radical (unpaired) electrons. The van der Waals surface area contributed by atoms with Gasteiger partial charge in [-0.3, -0.25) is 38.6 Å². The molecule has 94 heavy (non-hydrogen) atoms. The van der Waals surface area contributed by atoms with Crippen LogP contribution in [0.15, 0.2) is 66.7 Å². The van der Waals surface area contributed by atoms with Gasteiger partial charge in [0.15, 0.2) is 17.6 Å². The third kappa shape index (κ3) is 21.0. The second kappa shape index (κ2) is 35.2. The van der Waals surface area contributed by atoms with Crippen LogP contribution in [-0.2, 0) is 49.3 Å². The largest absolute Gasteiger partial charge is 1.00 e. The van der Waals surface area contributed by atoms with Crippen molar-refractivity contribution < 1.29 is 132 Å². The number of aliphatic hydroxyl groups excluding tert-OH is 6. The Morgan fingerprint density at radius 2 is 1.44 bits per heavy atom. The van der Waals surface area contributed by atoms with Crippen molar-refractivity contribution in [3.05, 3.63) is 89.3 Å². The Hall–Kier alpha value is -6.90. The van der Waals surface area contributed by atoms with Crippen molar-refractivity contribution >= 4 is 59.8 Å². The van der Waals surface area contributed by atoms with E-state index in [1.165, 1.54) is 31.5 Å². The van der Waals surface area contributed by atoms with E-state index in [-0.39, 0.29) is 78.0 Å². The van der Waals surface area contributed by atoms with Crippen LogP contribution in [0.4, 0.5) is 4.79 Å². The van der Waals surface area contributed by atoms with Crippen molar-refractivity contribution in [1.82, 2.24) is 41.7 Å². The molecule has 1 unspecified atom stereocenters. The number of carbonyl (C=O) groups is 8. The average Bonchev–Trinajstić information content (AvgIpc) is 1.60. The number of aliphatic hydroxyl groups is 6. The van der Waals surface area contributed by atoms with Crippen molar-refractivity contribution in [2.24, 2.45) is 11.8 Å². The van der Waals surface area contributed by atoms with Gasteiger partial charge < -0.3 is 101 Å². The maximum atomic E-state index is 14.7. The van der Waals surface area contributed by atoms with E-state index >= 15 is 0 Å². The molecule has 14 atom stereocenters. The molecule has 7 rings (SSSR count). The fraction of sp³-hybridized carbons (Fsp3) is 0.565. The van der Waals surface area contributed by atoms with Crippen LogP contribution in [0.3, 0.4) is 0 Å². The Morgan fingerprint density at radius 1 is 0.798 bits per heavy atom. The molecule has 1 saturated carbocycles. The van der Waals surface area contributed by atoms with E-state index < -0.39 is 176 Å². The Kier molecular flexibility index (Phi) is 28.5. The van der Waals surface area contributed by atoms with Crippen molar-refractivity contribution in [2.45, 2.75) is 177 Å². The first-order chi connectivity index (χ1) is 44.1. The first-order valence-corrected chi connectivity index (χ1v) is 31.3. The Labute approximate surface area is 569 Å². The second-order valence-corrected chi connectivity index (χ2v) is 25.4. The van der Waals surface area contributed by atoms with E-state index in [2.05, 4.69) is 46.1 Å². The van der Waals surface area contributed by atoms with Gasteiger partial charge in [-0.25, -0.2) is 11.4 Å². The molecule has 1 aliphatic carbocycles. The van der Waals surface area contributed by atoms with Gasteiger partial charge in [0, 0.05) is 50.4 Å². The minimum atomic E-state index is -2.16. The summed E-state index contributed by atoms with van der Waals surface area (Å²) in [7, 11) is 0. The number of rotatable bonds is 19. The number of alkyl carbamates (subject to hydrolysis) is 1. The summed E-state index contributed by atoms with van der Waals surface area (Å²) in [6, 6.07) is 5.04. The Bertz CT molecular complexity index is 3140. The number of ether oxygens (including phenoxy) is 2. The Balaban J connectivity index is 0.0000140. The number of fused-ring (bicyclic) bond motifs is 2. The molecule has 4 fully saturated rings. The van der Waals surface area contributed by atoms with Crippen LogP contribution in [0, 0.1) is 18.4 Å². The van der Waals surface area contributed by atoms with E-state index in [4.69, 9.17) is 20.2 Å². The number of nitrogens with one attached hydrogen (secondary N) is 6. The predicted molar refractivity (Wildman–Crippen MR) is 327 cm³/mol. The maximum absolute atomic E-state index is 14.7. The summed E-state index contributed by atoms with van der Waals surface area (Å²) in [6.07, 6.45) is -6.59. The number of phenols is 1. The van der Waals surface area contributed by atoms with Crippen LogP contribution in [0.1, 0.15) is 102 Å². The number of carbonyl (C=O) groups excluding carboxylic acids is 8. The quantitative estimate of drug-likeness (QED) is 0.0137. The van der Waals surface area contributed by atoms with Gasteiger partial charge in [-0.15, -0.1) is 4.33 Å². The summed E-state index contributed by atoms with van der Waals surface area (Å²) < 4.78 is 20.9. The van der Waals surface area contributed by atoms with Crippen LogP contribution < -0.4 is 75.6 Å². The normalized spacial score (nSPS) is 25.8. The summed E-state index contributed by atoms with van der Waals surface area (Å²) in [5.41, 5.74) is 0.825. The molecule has 3 aromatic rings. The number of hydrogen-bond acceptors (Lipinski definition) is 22. The Morgan fingerprint density at radius 3 is 2.07 bits per heavy atom. The fourth-order valence-corrected chi connectivity index (χ4v) is 12.0. The predicted octanol–water partition coefficient (Wildman–Crippen LogP) is -3.66. The van der Waals surface area contributed by atoms with Gasteiger partial charge in [-0.05, 0) is 93.1 Å². The third-order valence-electron chi connectivity index (χ3n) is 16.5. The molecule has 32 heteroatoms. The molecular formula is C62H82N9NaO21S. The first kappa shape index (κ1) is 76.1. The van der Waals surface area contributed by atoms with Gasteiger partial charge in [0.2, 0.25) is 42.0 Å². The smallest absolute Gasteiger partial charge is 0.691 e. The van der Waals surface area contributed by atoms with E-state index in [1.807, 2.05) is 0 Å². The number of phenolic OH excluding ortho intramolecular Hbond substituents is 1. The van der Waals surface area contributed by atoms with E-state index in [1.54, 1.807) is 57.2 Å². The molecule has 8 amide bonds. The molecule has 3 aromatic carbocycles. The zero-order valence-corrected chi connectivity index (χ0v) is 55.8. The summed E-state index contributed by atoms with van der Waals surface area (Å²) in [5, 5.41) is 107. The second-order valence-electron chi connectivity index (χ2n) is 24.9. The molecule has 0 spiro atoms. The maximum Gasteiger partial charge on any atom is 1.00 e. The van der Waals surface area contributed by atoms with Crippen LogP contribution in [0.2, 0.25) is 0 Å². The average molecular weight is 1340 g/mol. The van der Waals surface area contributed by atoms with Gasteiger partial charge in [0.1, 0.15) is 54.2 Å². The summed E-state index contributed by atoms with van der Waals surface area (Å²) in [5.74, 6) is -8.77. The van der Waals surface area contributed by atoms with E-state index in [0.29, 0.717) is 17.2 Å². The zero-order valence-electron chi connectivity index (χ0n) is 53.0. The summed E-state index contributed by atoms with van der Waals surface area (Å²) in [6.45, 7) is 13.2. The standard InChI is InChI=1S/C62H83N9O21S.Na/c1-32-29-71-52(53(32)78)58(83)64-27-40(73)25-43(66-54(79)38-15-13-36(14-16-38)37-17-19-42(20-18-37)88-31-39(22-34-10-8-7-9-11-34)65-61(86)89-62(3,4)5)55(80)67-49(33(2)72)59(84)70-30-41(74)26-44(70)56(81)68-50(57(82)69-51(60(71)85)47(77)28-63-6)46(76)23-35-12-21-45(75)48(24-35)90-93-92-91-87;/h12-21,24,32-34,39-41,43-44,46-47,49-53,72-78,87H,7-11,22-23,25-31H2,1-5H3,(H,64,83)(H,65,86)(H,66,79)(H,67,80)(H,68,81)(H,69,82);/q;+1/p-1/t32-,33+,39?,40+,41+,43+,44+,46-,47-,49+,50+,51+,52+,53+;/m1./s1. The summed E-state index contributed by atoms with van der Waals surface area (Å²) >= 11 is 0.00381. The van der Waals surface area contributed by atoms with Crippen LogP contribution in [-0.4, -0.2) is 210 Å². The monoisotopic (exact) mass is 1340 g/mol. The van der Waals surface area contributed by atoms with Crippen LogP contribution >= 0.6 is 12.3 Å². The first-order valence-electron chi connectivity index (χ1n) is 30.6. The van der Waals surface area contributed by atoms with Gasteiger partial charge >= 0.3 is 35.7 Å². The SMILES string of the molecule is [C-]#[N+]C[C@@H](O)[C@@H]1NC(=O)[C@H]([C@H](O)Cc2ccc(O)c(OSOO[O-])c2)NC(=O)[C@@H]2C[C@H](O)CN2C(=O)[C@H]([C@H](C)O)NC(=O)[C@@H](NC(=O)c2ccc(-c3ccc(OCC(CC4CCCCC4)NC(=O)OC(C)(C)C)cc3)cc2)C[C@H](O)CNC(=O)[C@@H]2[C@@H](O)[C@H](C)CN2C1=O.[Na+]. The minimum Gasteiger partial charge on any atom is -0.691 e. The van der Waals surface area contributed by atoms with Crippen molar-refractivity contribution in [3.63, 3.8) is 0 Å².